The Labute approximate surface area is 366 Å². The maximum Gasteiger partial charge on any atom is 0.143 e. The molecule has 0 spiro atoms. The van der Waals surface area contributed by atoms with Crippen LogP contribution in [0.1, 0.15) is 0 Å². The predicted molar refractivity (Wildman–Crippen MR) is 264 cm³/mol. The highest BCUT2D eigenvalue weighted by Gasteiger charge is 2.25. The molecule has 0 amide bonds. The smallest absolute Gasteiger partial charge is 0.143 e. The van der Waals surface area contributed by atoms with Crippen molar-refractivity contribution in [1.82, 2.24) is 4.57 Å². The van der Waals surface area contributed by atoms with Crippen molar-refractivity contribution >= 4 is 60.8 Å². The zero-order chi connectivity index (χ0) is 41.7. The van der Waals surface area contributed by atoms with Gasteiger partial charge in [-0.25, -0.2) is 0 Å². The van der Waals surface area contributed by atoms with Crippen LogP contribution in [-0.4, -0.2) is 4.57 Å². The molecule has 2 aromatic heterocycles. The van der Waals surface area contributed by atoms with E-state index in [2.05, 4.69) is 246 Å². The number of anilines is 3. The SMILES string of the molecule is c1ccc(-c2ccc(-c3ccccc3)c(N(c3ccc(-c4cccc5c4oc4ccccc45)c(-c4ccccc4)c3)c3cccc4c3c3ccccc3n4-c3ccccc3)c2)cc1. The van der Waals surface area contributed by atoms with E-state index in [4.69, 9.17) is 4.42 Å². The molecule has 0 N–H and O–H groups in total. The summed E-state index contributed by atoms with van der Waals surface area (Å²) in [7, 11) is 0. The number of hydrogen-bond donors (Lipinski definition) is 0. The Morgan fingerprint density at radius 1 is 0.333 bits per heavy atom. The van der Waals surface area contributed by atoms with Crippen molar-refractivity contribution in [3.63, 3.8) is 0 Å². The van der Waals surface area contributed by atoms with Crippen LogP contribution in [-0.2, 0) is 0 Å². The second-order valence-corrected chi connectivity index (χ2v) is 16.0. The van der Waals surface area contributed by atoms with Crippen molar-refractivity contribution in [2.45, 2.75) is 0 Å². The summed E-state index contributed by atoms with van der Waals surface area (Å²) in [5.74, 6) is 0. The topological polar surface area (TPSA) is 21.3 Å². The van der Waals surface area contributed by atoms with Crippen LogP contribution in [0.25, 0.3) is 93.9 Å². The van der Waals surface area contributed by atoms with Gasteiger partial charge in [-0.15, -0.1) is 0 Å². The highest BCUT2D eigenvalue weighted by molar-refractivity contribution is 6.17. The molecule has 0 aliphatic heterocycles. The molecule has 63 heavy (non-hydrogen) atoms. The van der Waals surface area contributed by atoms with Crippen LogP contribution in [0.4, 0.5) is 17.1 Å². The van der Waals surface area contributed by atoms with Gasteiger partial charge in [0, 0.05) is 44.0 Å². The van der Waals surface area contributed by atoms with Crippen LogP contribution in [0.2, 0.25) is 0 Å². The van der Waals surface area contributed by atoms with E-state index in [1.807, 2.05) is 6.07 Å². The molecule has 3 nitrogen and oxygen atoms in total. The maximum absolute atomic E-state index is 6.68. The fourth-order valence-corrected chi connectivity index (χ4v) is 9.56. The normalized spacial score (nSPS) is 11.5. The summed E-state index contributed by atoms with van der Waals surface area (Å²) in [5, 5.41) is 4.60. The number of benzene rings is 10. The van der Waals surface area contributed by atoms with Gasteiger partial charge in [0.25, 0.3) is 0 Å². The molecule has 0 fully saturated rings. The molecule has 2 heterocycles. The summed E-state index contributed by atoms with van der Waals surface area (Å²) in [6.45, 7) is 0. The minimum atomic E-state index is 0.888. The highest BCUT2D eigenvalue weighted by atomic mass is 16.3. The van der Waals surface area contributed by atoms with Gasteiger partial charge in [-0.3, -0.25) is 0 Å². The number of hydrogen-bond acceptors (Lipinski definition) is 2. The van der Waals surface area contributed by atoms with Gasteiger partial charge in [0.2, 0.25) is 0 Å². The molecule has 0 aliphatic carbocycles. The molecule has 0 saturated carbocycles. The second-order valence-electron chi connectivity index (χ2n) is 16.0. The van der Waals surface area contributed by atoms with Gasteiger partial charge in [-0.05, 0) is 88.0 Å². The lowest BCUT2D eigenvalue weighted by Crippen LogP contribution is -2.12. The quantitative estimate of drug-likeness (QED) is 0.153. The van der Waals surface area contributed by atoms with Crippen LogP contribution in [0.15, 0.2) is 247 Å². The third kappa shape index (κ3) is 6.21. The van der Waals surface area contributed by atoms with Gasteiger partial charge in [-0.2, -0.15) is 0 Å². The first-order chi connectivity index (χ1) is 31.3. The molecule has 0 atom stereocenters. The lowest BCUT2D eigenvalue weighted by atomic mass is 9.92. The molecule has 0 unspecified atom stereocenters. The van der Waals surface area contributed by atoms with E-state index in [1.54, 1.807) is 0 Å². The fraction of sp³-hybridized carbons (Fsp3) is 0. The molecule has 0 radical (unpaired) electrons. The van der Waals surface area contributed by atoms with Gasteiger partial charge in [0.05, 0.1) is 22.4 Å². The Hall–Kier alpha value is -8.40. The summed E-state index contributed by atoms with van der Waals surface area (Å²) < 4.78 is 9.08. The van der Waals surface area contributed by atoms with Gasteiger partial charge >= 0.3 is 0 Å². The summed E-state index contributed by atoms with van der Waals surface area (Å²) in [6.07, 6.45) is 0. The first-order valence-electron chi connectivity index (χ1n) is 21.5. The minimum Gasteiger partial charge on any atom is -0.455 e. The minimum absolute atomic E-state index is 0.888. The van der Waals surface area contributed by atoms with Crippen LogP contribution in [0.3, 0.4) is 0 Å². The second kappa shape index (κ2) is 15.3. The van der Waals surface area contributed by atoms with Crippen molar-refractivity contribution < 1.29 is 4.42 Å². The Kier molecular flexibility index (Phi) is 8.83. The van der Waals surface area contributed by atoms with Crippen LogP contribution in [0.5, 0.6) is 0 Å². The van der Waals surface area contributed by atoms with Crippen molar-refractivity contribution in [3.8, 4) is 50.2 Å². The lowest BCUT2D eigenvalue weighted by Gasteiger charge is -2.30. The Bertz CT molecular complexity index is 3610. The first kappa shape index (κ1) is 36.5. The van der Waals surface area contributed by atoms with E-state index in [1.165, 1.54) is 10.8 Å². The van der Waals surface area contributed by atoms with Gasteiger partial charge < -0.3 is 13.9 Å². The molecule has 0 saturated heterocycles. The first-order valence-corrected chi connectivity index (χ1v) is 21.5. The van der Waals surface area contributed by atoms with Crippen LogP contribution < -0.4 is 4.90 Å². The van der Waals surface area contributed by atoms with Crippen molar-refractivity contribution in [2.24, 2.45) is 0 Å². The maximum atomic E-state index is 6.68. The molecule has 296 valence electrons. The number of nitrogens with zero attached hydrogens (tertiary/aromatic N) is 2. The van der Waals surface area contributed by atoms with E-state index in [9.17, 15) is 0 Å². The molecule has 10 aromatic carbocycles. The van der Waals surface area contributed by atoms with E-state index in [-0.39, 0.29) is 0 Å². The standard InChI is InChI=1S/C60H40N2O/c1-5-19-41(20-6-1)44-35-37-47(42-21-7-2-8-22-42)57(39-44)62(56-33-18-32-55-59(56)52-28-13-15-31-54(52)61(55)45-25-11-4-12-26-45)46-36-38-48(53(40-46)43-23-9-3-10-24-43)50-29-17-30-51-49-27-14-16-34-58(49)63-60(50)51/h1-40H. The van der Waals surface area contributed by atoms with Crippen LogP contribution in [0, 0.1) is 0 Å². The van der Waals surface area contributed by atoms with E-state index >= 15 is 0 Å². The van der Waals surface area contributed by atoms with Gasteiger partial charge in [-0.1, -0.05) is 188 Å². The summed E-state index contributed by atoms with van der Waals surface area (Å²) in [6, 6.07) is 87.2. The Morgan fingerprint density at radius 3 is 1.68 bits per heavy atom. The Balaban J connectivity index is 1.19. The van der Waals surface area contributed by atoms with Crippen LogP contribution >= 0.6 is 0 Å². The van der Waals surface area contributed by atoms with Crippen molar-refractivity contribution in [3.05, 3.63) is 243 Å². The zero-order valence-corrected chi connectivity index (χ0v) is 34.4. The molecular formula is C60H40N2O. The molecular weight excluding hydrogens is 765 g/mol. The van der Waals surface area contributed by atoms with Crippen molar-refractivity contribution in [2.75, 3.05) is 4.90 Å². The predicted octanol–water partition coefficient (Wildman–Crippen LogP) is 16.8. The summed E-state index contributed by atoms with van der Waals surface area (Å²) in [4.78, 5) is 2.50. The third-order valence-electron chi connectivity index (χ3n) is 12.4. The highest BCUT2D eigenvalue weighted by Crippen LogP contribution is 2.50. The summed E-state index contributed by atoms with van der Waals surface area (Å²) >= 11 is 0. The van der Waals surface area contributed by atoms with Gasteiger partial charge in [0.1, 0.15) is 11.2 Å². The van der Waals surface area contributed by atoms with Gasteiger partial charge in [0.15, 0.2) is 0 Å². The van der Waals surface area contributed by atoms with Crippen molar-refractivity contribution in [1.29, 1.82) is 0 Å². The monoisotopic (exact) mass is 804 g/mol. The molecule has 0 bridgehead atoms. The zero-order valence-electron chi connectivity index (χ0n) is 34.4. The Morgan fingerprint density at radius 2 is 0.921 bits per heavy atom. The third-order valence-corrected chi connectivity index (χ3v) is 12.4. The van der Waals surface area contributed by atoms with E-state index in [0.717, 1.165) is 100 Å². The van der Waals surface area contributed by atoms with E-state index < -0.39 is 0 Å². The number of rotatable bonds is 8. The lowest BCUT2D eigenvalue weighted by molar-refractivity contribution is 0.670. The fourth-order valence-electron chi connectivity index (χ4n) is 9.56. The summed E-state index contributed by atoms with van der Waals surface area (Å²) in [5.41, 5.74) is 17.4. The molecule has 3 heteroatoms. The number of aromatic nitrogens is 1. The number of para-hydroxylation sites is 4. The average molecular weight is 805 g/mol. The number of furan rings is 1. The number of fused-ring (bicyclic) bond motifs is 6. The molecule has 0 aliphatic rings. The molecule has 12 aromatic rings. The molecule has 12 rings (SSSR count). The largest absolute Gasteiger partial charge is 0.455 e. The van der Waals surface area contributed by atoms with E-state index in [0.29, 0.717) is 0 Å². The average Bonchev–Trinajstić information content (AvgIpc) is 3.92.